The van der Waals surface area contributed by atoms with Crippen LogP contribution in [0.25, 0.3) is 21.6 Å². The van der Waals surface area contributed by atoms with Crippen molar-refractivity contribution in [3.8, 4) is 10.7 Å². The Morgan fingerprint density at radius 1 is 1.11 bits per heavy atom. The van der Waals surface area contributed by atoms with Crippen molar-refractivity contribution in [2.24, 2.45) is 0 Å². The lowest BCUT2D eigenvalue weighted by Gasteiger charge is -2.06. The van der Waals surface area contributed by atoms with Crippen LogP contribution in [0.5, 0.6) is 0 Å². The highest BCUT2D eigenvalue weighted by Crippen LogP contribution is 2.30. The predicted molar refractivity (Wildman–Crippen MR) is 77.3 cm³/mol. The Labute approximate surface area is 118 Å². The van der Waals surface area contributed by atoms with Gasteiger partial charge < -0.3 is 0 Å². The fraction of sp³-hybridized carbons (Fsp3) is 0.143. The maximum Gasteiger partial charge on any atom is 0.171 e. The van der Waals surface area contributed by atoms with E-state index in [0.29, 0.717) is 27.4 Å². The van der Waals surface area contributed by atoms with E-state index in [0.717, 1.165) is 4.88 Å². The fourth-order valence-corrected chi connectivity index (χ4v) is 2.97. The Morgan fingerprint density at radius 2 is 1.89 bits per heavy atom. The maximum atomic E-state index is 13.6. The molecule has 0 N–H and O–H groups in total. The number of hydrogen-bond acceptors (Lipinski definition) is 3. The highest BCUT2D eigenvalue weighted by atomic mass is 35.5. The number of rotatable bonds is 1. The van der Waals surface area contributed by atoms with E-state index < -0.39 is 0 Å². The molecule has 0 saturated carbocycles. The summed E-state index contributed by atoms with van der Waals surface area (Å²) in [5.41, 5.74) is 1.07. The minimum absolute atomic E-state index is 0.282. The third-order valence-corrected chi connectivity index (χ3v) is 4.25. The smallest absolute Gasteiger partial charge is 0.171 e. The van der Waals surface area contributed by atoms with Gasteiger partial charge in [-0.2, -0.15) is 0 Å². The van der Waals surface area contributed by atoms with Crippen molar-refractivity contribution in [2.75, 3.05) is 0 Å². The third kappa shape index (κ3) is 2.11. The van der Waals surface area contributed by atoms with Gasteiger partial charge in [-0.05, 0) is 38.1 Å². The van der Waals surface area contributed by atoms with Gasteiger partial charge in [-0.15, -0.1) is 11.3 Å². The molecular formula is C14H10ClFN2S. The van der Waals surface area contributed by atoms with E-state index in [2.05, 4.69) is 9.97 Å². The van der Waals surface area contributed by atoms with Crippen LogP contribution in [0.4, 0.5) is 4.39 Å². The molecule has 0 radical (unpaired) electrons. The number of aryl methyl sites for hydroxylation is 2. The van der Waals surface area contributed by atoms with E-state index in [-0.39, 0.29) is 5.82 Å². The molecule has 19 heavy (non-hydrogen) atoms. The van der Waals surface area contributed by atoms with Crippen LogP contribution in [0.2, 0.25) is 5.15 Å². The lowest BCUT2D eigenvalue weighted by Crippen LogP contribution is -1.94. The van der Waals surface area contributed by atoms with Gasteiger partial charge in [0.15, 0.2) is 5.82 Å². The van der Waals surface area contributed by atoms with Gasteiger partial charge in [0.25, 0.3) is 0 Å². The van der Waals surface area contributed by atoms with E-state index in [1.165, 1.54) is 10.9 Å². The summed E-state index contributed by atoms with van der Waals surface area (Å²) in [6, 6.07) is 6.96. The second-order valence-electron chi connectivity index (χ2n) is 4.32. The lowest BCUT2D eigenvalue weighted by atomic mass is 10.1. The molecule has 0 saturated heterocycles. The van der Waals surface area contributed by atoms with Crippen molar-refractivity contribution >= 4 is 33.8 Å². The monoisotopic (exact) mass is 292 g/mol. The number of thiophene rings is 1. The summed E-state index contributed by atoms with van der Waals surface area (Å²) in [6.07, 6.45) is 0. The van der Waals surface area contributed by atoms with Crippen LogP contribution in [0.1, 0.15) is 10.4 Å². The molecule has 0 fully saturated rings. The molecule has 2 aromatic heterocycles. The molecule has 0 aliphatic rings. The van der Waals surface area contributed by atoms with Crippen molar-refractivity contribution in [1.82, 2.24) is 9.97 Å². The number of aromatic nitrogens is 2. The predicted octanol–water partition coefficient (Wildman–Crippen LogP) is 4.77. The van der Waals surface area contributed by atoms with Crippen molar-refractivity contribution in [2.45, 2.75) is 13.8 Å². The molecule has 0 aliphatic heterocycles. The molecular weight excluding hydrogens is 283 g/mol. The number of fused-ring (bicyclic) bond motifs is 1. The molecule has 3 aromatic rings. The Balaban J connectivity index is 2.31. The zero-order chi connectivity index (χ0) is 13.6. The molecule has 2 nitrogen and oxygen atoms in total. The minimum Gasteiger partial charge on any atom is -0.227 e. The number of benzene rings is 1. The molecule has 2 heterocycles. The largest absolute Gasteiger partial charge is 0.227 e. The van der Waals surface area contributed by atoms with Crippen LogP contribution >= 0.6 is 22.9 Å². The van der Waals surface area contributed by atoms with Crippen LogP contribution in [0, 0.1) is 19.7 Å². The van der Waals surface area contributed by atoms with Crippen molar-refractivity contribution in [3.05, 3.63) is 45.7 Å². The van der Waals surface area contributed by atoms with E-state index in [9.17, 15) is 4.39 Å². The lowest BCUT2D eigenvalue weighted by molar-refractivity contribution is 0.620. The molecule has 0 amide bonds. The summed E-state index contributed by atoms with van der Waals surface area (Å²) in [7, 11) is 0. The molecule has 3 rings (SSSR count). The van der Waals surface area contributed by atoms with Gasteiger partial charge in [0.2, 0.25) is 0 Å². The zero-order valence-corrected chi connectivity index (χ0v) is 11.9. The van der Waals surface area contributed by atoms with Crippen LogP contribution in [-0.4, -0.2) is 9.97 Å². The molecule has 5 heteroatoms. The Bertz CT molecular complexity index is 782. The summed E-state index contributed by atoms with van der Waals surface area (Å²) in [6.45, 7) is 3.71. The first-order valence-corrected chi connectivity index (χ1v) is 6.95. The molecule has 0 unspecified atom stereocenters. The van der Waals surface area contributed by atoms with E-state index in [4.69, 9.17) is 11.6 Å². The topological polar surface area (TPSA) is 25.8 Å². The van der Waals surface area contributed by atoms with Gasteiger partial charge in [0, 0.05) is 15.8 Å². The SMILES string of the molecule is Cc1ccc(-c2nc(Cl)c3ccc(F)c(C)c3n2)s1. The highest BCUT2D eigenvalue weighted by Gasteiger charge is 2.12. The maximum absolute atomic E-state index is 13.6. The van der Waals surface area contributed by atoms with Gasteiger partial charge in [-0.3, -0.25) is 0 Å². The summed E-state index contributed by atoms with van der Waals surface area (Å²) in [4.78, 5) is 10.9. The number of halogens is 2. The van der Waals surface area contributed by atoms with Gasteiger partial charge in [0.1, 0.15) is 11.0 Å². The number of nitrogens with zero attached hydrogens (tertiary/aromatic N) is 2. The summed E-state index contributed by atoms with van der Waals surface area (Å²) in [5, 5.41) is 1.03. The second-order valence-corrected chi connectivity index (χ2v) is 5.96. The molecule has 0 aliphatic carbocycles. The fourth-order valence-electron chi connectivity index (χ4n) is 1.94. The Morgan fingerprint density at radius 3 is 2.58 bits per heavy atom. The van der Waals surface area contributed by atoms with Crippen LogP contribution in [0.15, 0.2) is 24.3 Å². The highest BCUT2D eigenvalue weighted by molar-refractivity contribution is 7.15. The van der Waals surface area contributed by atoms with Crippen LogP contribution in [0.3, 0.4) is 0 Å². The Hall–Kier alpha value is -1.52. The Kier molecular flexibility index (Phi) is 2.99. The van der Waals surface area contributed by atoms with Gasteiger partial charge >= 0.3 is 0 Å². The van der Waals surface area contributed by atoms with Gasteiger partial charge in [-0.1, -0.05) is 11.6 Å². The summed E-state index contributed by atoms with van der Waals surface area (Å²) in [5.74, 6) is 0.264. The standard InChI is InChI=1S/C14H10ClFN2S/c1-7-3-6-11(19-7)14-17-12-8(2)10(16)5-4-9(12)13(15)18-14/h3-6H,1-2H3. The molecule has 0 bridgehead atoms. The summed E-state index contributed by atoms with van der Waals surface area (Å²) < 4.78 is 13.6. The van der Waals surface area contributed by atoms with Gasteiger partial charge in [0.05, 0.1) is 10.4 Å². The molecule has 0 atom stereocenters. The summed E-state index contributed by atoms with van der Waals surface area (Å²) >= 11 is 7.77. The first-order chi connectivity index (χ1) is 9.06. The van der Waals surface area contributed by atoms with Gasteiger partial charge in [-0.25, -0.2) is 14.4 Å². The zero-order valence-electron chi connectivity index (χ0n) is 10.4. The van der Waals surface area contributed by atoms with Crippen molar-refractivity contribution in [3.63, 3.8) is 0 Å². The number of hydrogen-bond donors (Lipinski definition) is 0. The minimum atomic E-state index is -0.282. The quantitative estimate of drug-likeness (QED) is 0.604. The van der Waals surface area contributed by atoms with Crippen molar-refractivity contribution < 1.29 is 4.39 Å². The van der Waals surface area contributed by atoms with Crippen molar-refractivity contribution in [1.29, 1.82) is 0 Å². The van der Waals surface area contributed by atoms with Crippen LogP contribution < -0.4 is 0 Å². The third-order valence-electron chi connectivity index (χ3n) is 2.97. The van der Waals surface area contributed by atoms with E-state index in [1.54, 1.807) is 24.3 Å². The average molecular weight is 293 g/mol. The molecule has 0 spiro atoms. The van der Waals surface area contributed by atoms with E-state index in [1.807, 2.05) is 19.1 Å². The normalized spacial score (nSPS) is 11.2. The second kappa shape index (κ2) is 4.54. The molecule has 1 aromatic carbocycles. The molecule has 96 valence electrons. The van der Waals surface area contributed by atoms with E-state index >= 15 is 0 Å². The first kappa shape index (κ1) is 12.5. The van der Waals surface area contributed by atoms with Crippen LogP contribution in [-0.2, 0) is 0 Å². The first-order valence-electron chi connectivity index (χ1n) is 5.75. The average Bonchev–Trinajstić information content (AvgIpc) is 2.81.